The van der Waals surface area contributed by atoms with Crippen molar-refractivity contribution in [2.45, 2.75) is 6.54 Å². The molecule has 0 saturated carbocycles. The first-order valence-corrected chi connectivity index (χ1v) is 9.58. The monoisotopic (exact) mass is 413 g/mol. The van der Waals surface area contributed by atoms with Crippen molar-refractivity contribution < 1.29 is 13.2 Å². The molecule has 3 heterocycles. The predicted octanol–water partition coefficient (Wildman–Crippen LogP) is 5.11. The fourth-order valence-electron chi connectivity index (χ4n) is 3.73. The van der Waals surface area contributed by atoms with Gasteiger partial charge in [0.05, 0.1) is 16.6 Å². The number of benzene rings is 3. The minimum atomic E-state index is -0.349. The molecular weight excluding hydrogens is 400 g/mol. The molecular formula is C23H13F2N5O. The van der Waals surface area contributed by atoms with Gasteiger partial charge < -0.3 is 8.98 Å². The van der Waals surface area contributed by atoms with Gasteiger partial charge in [-0.2, -0.15) is 0 Å². The number of rotatable bonds is 3. The van der Waals surface area contributed by atoms with Gasteiger partial charge in [-0.1, -0.05) is 12.1 Å². The van der Waals surface area contributed by atoms with Crippen LogP contribution in [0.5, 0.6) is 0 Å². The largest absolute Gasteiger partial charge is 0.419 e. The van der Waals surface area contributed by atoms with Crippen molar-refractivity contribution in [2.75, 3.05) is 0 Å². The molecule has 0 fully saturated rings. The van der Waals surface area contributed by atoms with Crippen LogP contribution in [0, 0.1) is 11.6 Å². The van der Waals surface area contributed by atoms with E-state index in [2.05, 4.69) is 10.2 Å². The Morgan fingerprint density at radius 1 is 0.806 bits per heavy atom. The molecule has 31 heavy (non-hydrogen) atoms. The summed E-state index contributed by atoms with van der Waals surface area (Å²) in [6, 6.07) is 17.9. The first-order valence-electron chi connectivity index (χ1n) is 9.58. The summed E-state index contributed by atoms with van der Waals surface area (Å²) in [6.07, 6.45) is 0. The van der Waals surface area contributed by atoms with Crippen LogP contribution in [-0.2, 0) is 6.54 Å². The van der Waals surface area contributed by atoms with Gasteiger partial charge in [0.1, 0.15) is 23.7 Å². The number of fused-ring (bicyclic) bond motifs is 4. The van der Waals surface area contributed by atoms with Crippen LogP contribution in [0.1, 0.15) is 5.89 Å². The lowest BCUT2D eigenvalue weighted by atomic mass is 10.2. The maximum absolute atomic E-state index is 14.0. The van der Waals surface area contributed by atoms with Gasteiger partial charge in [-0.25, -0.2) is 18.7 Å². The van der Waals surface area contributed by atoms with E-state index in [0.29, 0.717) is 33.9 Å². The number of aromatic nitrogens is 5. The van der Waals surface area contributed by atoms with Crippen LogP contribution in [0.25, 0.3) is 44.6 Å². The lowest BCUT2D eigenvalue weighted by Gasteiger charge is -2.04. The standard InChI is InChI=1S/C23H13F2N5O/c24-14-7-5-13(6-8-14)23-29-28-20(31-23)12-30-19-10-9-15(25)11-16(19)21-22(30)27-18-4-2-1-3-17(18)26-21/h1-11H,12H2. The Bertz CT molecular complexity index is 1590. The van der Waals surface area contributed by atoms with E-state index in [1.165, 1.54) is 24.3 Å². The van der Waals surface area contributed by atoms with Gasteiger partial charge in [0.25, 0.3) is 0 Å². The van der Waals surface area contributed by atoms with Gasteiger partial charge in [-0.15, -0.1) is 10.2 Å². The average Bonchev–Trinajstić information content (AvgIpc) is 3.36. The molecule has 0 saturated heterocycles. The van der Waals surface area contributed by atoms with Gasteiger partial charge in [0, 0.05) is 10.9 Å². The van der Waals surface area contributed by atoms with Crippen molar-refractivity contribution in [2.24, 2.45) is 0 Å². The Hall–Kier alpha value is -4.20. The summed E-state index contributed by atoms with van der Waals surface area (Å²) < 4.78 is 34.9. The highest BCUT2D eigenvalue weighted by molar-refractivity contribution is 6.06. The molecule has 0 aliphatic carbocycles. The number of para-hydroxylation sites is 2. The summed E-state index contributed by atoms with van der Waals surface area (Å²) in [5.41, 5.74) is 4.04. The highest BCUT2D eigenvalue weighted by Crippen LogP contribution is 2.30. The van der Waals surface area contributed by atoms with Crippen molar-refractivity contribution in [3.05, 3.63) is 84.3 Å². The lowest BCUT2D eigenvalue weighted by molar-refractivity contribution is 0.494. The molecule has 0 N–H and O–H groups in total. The van der Waals surface area contributed by atoms with E-state index in [1.54, 1.807) is 18.2 Å². The Balaban J connectivity index is 1.51. The minimum Gasteiger partial charge on any atom is -0.419 e. The Kier molecular flexibility index (Phi) is 3.79. The third kappa shape index (κ3) is 2.92. The molecule has 6 aromatic rings. The molecule has 0 aliphatic heterocycles. The molecule has 0 atom stereocenters. The van der Waals surface area contributed by atoms with Gasteiger partial charge in [-0.05, 0) is 54.6 Å². The second-order valence-corrected chi connectivity index (χ2v) is 7.14. The van der Waals surface area contributed by atoms with E-state index in [9.17, 15) is 8.78 Å². The summed E-state index contributed by atoms with van der Waals surface area (Å²) in [5.74, 6) is -0.0551. The number of hydrogen-bond acceptors (Lipinski definition) is 5. The van der Waals surface area contributed by atoms with Crippen molar-refractivity contribution in [3.8, 4) is 11.5 Å². The van der Waals surface area contributed by atoms with Crippen molar-refractivity contribution in [1.29, 1.82) is 0 Å². The van der Waals surface area contributed by atoms with Crippen molar-refractivity contribution >= 4 is 33.1 Å². The molecule has 6 nitrogen and oxygen atoms in total. The van der Waals surface area contributed by atoms with Crippen LogP contribution >= 0.6 is 0 Å². The smallest absolute Gasteiger partial charge is 0.247 e. The van der Waals surface area contributed by atoms with Crippen LogP contribution in [-0.4, -0.2) is 24.7 Å². The quantitative estimate of drug-likeness (QED) is 0.403. The van der Waals surface area contributed by atoms with Crippen LogP contribution < -0.4 is 0 Å². The maximum Gasteiger partial charge on any atom is 0.247 e. The Labute approximate surface area is 173 Å². The maximum atomic E-state index is 14.0. The van der Waals surface area contributed by atoms with E-state index in [-0.39, 0.29) is 18.2 Å². The zero-order valence-electron chi connectivity index (χ0n) is 16.0. The highest BCUT2D eigenvalue weighted by atomic mass is 19.1. The first kappa shape index (κ1) is 17.6. The lowest BCUT2D eigenvalue weighted by Crippen LogP contribution is -2.01. The number of halogens is 2. The molecule has 0 unspecified atom stereocenters. The van der Waals surface area contributed by atoms with Gasteiger partial charge >= 0.3 is 0 Å². The number of hydrogen-bond donors (Lipinski definition) is 0. The molecule has 150 valence electrons. The summed E-state index contributed by atoms with van der Waals surface area (Å²) in [4.78, 5) is 9.48. The molecule has 8 heteroatoms. The molecule has 0 bridgehead atoms. The number of nitrogens with zero attached hydrogens (tertiary/aromatic N) is 5. The second-order valence-electron chi connectivity index (χ2n) is 7.14. The predicted molar refractivity (Wildman–Crippen MR) is 111 cm³/mol. The van der Waals surface area contributed by atoms with E-state index >= 15 is 0 Å². The summed E-state index contributed by atoms with van der Waals surface area (Å²) in [7, 11) is 0. The Morgan fingerprint density at radius 2 is 1.55 bits per heavy atom. The fraction of sp³-hybridized carbons (Fsp3) is 0.0435. The summed E-state index contributed by atoms with van der Waals surface area (Å²) in [5, 5.41) is 8.86. The second kappa shape index (κ2) is 6.66. The SMILES string of the molecule is Fc1ccc(-c2nnc(Cn3c4ccc(F)cc4c4nc5ccccc5nc43)o2)cc1. The molecule has 0 spiro atoms. The topological polar surface area (TPSA) is 69.6 Å². The van der Waals surface area contributed by atoms with Crippen LogP contribution in [0.2, 0.25) is 0 Å². The van der Waals surface area contributed by atoms with Crippen molar-refractivity contribution in [1.82, 2.24) is 24.7 Å². The molecule has 0 aliphatic rings. The molecule has 3 aromatic heterocycles. The molecule has 0 radical (unpaired) electrons. The fourth-order valence-corrected chi connectivity index (χ4v) is 3.73. The summed E-state index contributed by atoms with van der Waals surface area (Å²) in [6.45, 7) is 0.229. The van der Waals surface area contributed by atoms with Crippen LogP contribution in [0.4, 0.5) is 8.78 Å². The van der Waals surface area contributed by atoms with E-state index in [0.717, 1.165) is 16.6 Å². The van der Waals surface area contributed by atoms with Gasteiger partial charge in [0.15, 0.2) is 5.65 Å². The molecule has 3 aromatic carbocycles. The highest BCUT2D eigenvalue weighted by Gasteiger charge is 2.18. The molecule has 0 amide bonds. The average molecular weight is 413 g/mol. The molecule has 6 rings (SSSR count). The van der Waals surface area contributed by atoms with Crippen molar-refractivity contribution in [3.63, 3.8) is 0 Å². The zero-order valence-corrected chi connectivity index (χ0v) is 16.0. The summed E-state index contributed by atoms with van der Waals surface area (Å²) >= 11 is 0. The minimum absolute atomic E-state index is 0.229. The Morgan fingerprint density at radius 3 is 2.35 bits per heavy atom. The van der Waals surface area contributed by atoms with E-state index in [4.69, 9.17) is 14.4 Å². The van der Waals surface area contributed by atoms with Gasteiger partial charge in [-0.3, -0.25) is 0 Å². The first-order chi connectivity index (χ1) is 15.2. The third-order valence-corrected chi connectivity index (χ3v) is 5.16. The van der Waals surface area contributed by atoms with Crippen LogP contribution in [0.3, 0.4) is 0 Å². The zero-order chi connectivity index (χ0) is 20.9. The van der Waals surface area contributed by atoms with Crippen LogP contribution in [0.15, 0.2) is 71.1 Å². The normalized spacial score (nSPS) is 11.7. The third-order valence-electron chi connectivity index (χ3n) is 5.16. The van der Waals surface area contributed by atoms with E-state index in [1.807, 2.05) is 28.8 Å². The van der Waals surface area contributed by atoms with Gasteiger partial charge in [0.2, 0.25) is 11.8 Å². The van der Waals surface area contributed by atoms with E-state index < -0.39 is 0 Å².